The number of nitrogens with one attached hydrogen (secondary N) is 1. The Kier molecular flexibility index (Phi) is 1.54. The van der Waals surface area contributed by atoms with Crippen LogP contribution in [0.5, 0.6) is 0 Å². The average Bonchev–Trinajstić information content (AvgIpc) is 2.04. The van der Waals surface area contributed by atoms with Crippen molar-refractivity contribution in [3.05, 3.63) is 23.8 Å². The quantitative estimate of drug-likeness (QED) is 0.623. The lowest BCUT2D eigenvalue weighted by Crippen LogP contribution is -2.38. The fourth-order valence-corrected chi connectivity index (χ4v) is 1.22. The fourth-order valence-electron chi connectivity index (χ4n) is 1.22. The van der Waals surface area contributed by atoms with E-state index < -0.39 is 5.92 Å². The van der Waals surface area contributed by atoms with E-state index in [1.165, 1.54) is 12.4 Å². The maximum atomic E-state index is 13.0. The average molecular weight is 171 g/mol. The first-order valence-electron chi connectivity index (χ1n) is 3.59. The largest absolute Gasteiger partial charge is 0.305 e. The van der Waals surface area contributed by atoms with Crippen molar-refractivity contribution in [1.29, 1.82) is 0 Å². The van der Waals surface area contributed by atoms with Gasteiger partial charge in [-0.3, -0.25) is 9.97 Å². The molecular formula is C7H7F2N3. The molecule has 12 heavy (non-hydrogen) atoms. The van der Waals surface area contributed by atoms with Gasteiger partial charge in [-0.2, -0.15) is 8.78 Å². The number of rotatable bonds is 0. The first kappa shape index (κ1) is 7.54. The summed E-state index contributed by atoms with van der Waals surface area (Å²) in [5.41, 5.74) is 0.150. The van der Waals surface area contributed by atoms with Crippen LogP contribution in [-0.4, -0.2) is 16.5 Å². The van der Waals surface area contributed by atoms with Crippen LogP contribution in [0.25, 0.3) is 0 Å². The maximum absolute atomic E-state index is 13.0. The molecule has 0 amide bonds. The maximum Gasteiger partial charge on any atom is 0.303 e. The molecule has 0 aliphatic carbocycles. The molecule has 3 nitrogen and oxygen atoms in total. The Morgan fingerprint density at radius 3 is 2.83 bits per heavy atom. The Morgan fingerprint density at radius 2 is 2.08 bits per heavy atom. The van der Waals surface area contributed by atoms with Gasteiger partial charge in [0.15, 0.2) is 0 Å². The third-order valence-corrected chi connectivity index (χ3v) is 1.76. The van der Waals surface area contributed by atoms with Crippen LogP contribution in [0.15, 0.2) is 12.4 Å². The zero-order valence-electron chi connectivity index (χ0n) is 6.22. The smallest absolute Gasteiger partial charge is 0.303 e. The van der Waals surface area contributed by atoms with E-state index in [0.717, 1.165) is 0 Å². The molecule has 1 aliphatic heterocycles. The minimum absolute atomic E-state index is 0.191. The second-order valence-electron chi connectivity index (χ2n) is 2.66. The molecule has 64 valence electrons. The van der Waals surface area contributed by atoms with Crippen molar-refractivity contribution in [3.63, 3.8) is 0 Å². The number of nitrogens with zero attached hydrogens (tertiary/aromatic N) is 2. The molecule has 2 rings (SSSR count). The minimum atomic E-state index is -2.87. The number of aromatic nitrogens is 2. The Balaban J connectivity index is 2.52. The second-order valence-corrected chi connectivity index (χ2v) is 2.66. The molecule has 1 aliphatic rings. The fraction of sp³-hybridized carbons (Fsp3) is 0.429. The number of hydrogen-bond acceptors (Lipinski definition) is 3. The van der Waals surface area contributed by atoms with Gasteiger partial charge < -0.3 is 5.32 Å². The lowest BCUT2D eigenvalue weighted by atomic mass is 10.1. The van der Waals surface area contributed by atoms with Crippen molar-refractivity contribution in [1.82, 2.24) is 15.3 Å². The molecule has 1 N–H and O–H groups in total. The highest BCUT2D eigenvalue weighted by atomic mass is 19.3. The van der Waals surface area contributed by atoms with Gasteiger partial charge in [-0.25, -0.2) is 0 Å². The summed E-state index contributed by atoms with van der Waals surface area (Å²) in [7, 11) is 0. The van der Waals surface area contributed by atoms with E-state index in [1.807, 2.05) is 0 Å². The topological polar surface area (TPSA) is 37.8 Å². The Bertz CT molecular complexity index is 300. The molecular weight excluding hydrogens is 164 g/mol. The van der Waals surface area contributed by atoms with E-state index in [9.17, 15) is 8.78 Å². The third-order valence-electron chi connectivity index (χ3n) is 1.76. The van der Waals surface area contributed by atoms with Gasteiger partial charge in [-0.1, -0.05) is 0 Å². The Morgan fingerprint density at radius 1 is 1.33 bits per heavy atom. The highest BCUT2D eigenvalue weighted by Gasteiger charge is 2.38. The van der Waals surface area contributed by atoms with E-state index in [4.69, 9.17) is 0 Å². The molecule has 0 bridgehead atoms. The standard InChI is InChI=1S/C7H7F2N3/c8-7(9)4-10-3-5-6(7)12-2-1-11-5/h1-2,10H,3-4H2. The van der Waals surface area contributed by atoms with E-state index in [1.54, 1.807) is 0 Å². The van der Waals surface area contributed by atoms with Crippen molar-refractivity contribution < 1.29 is 8.78 Å². The molecule has 1 aromatic rings. The number of alkyl halides is 2. The first-order chi connectivity index (χ1) is 5.70. The predicted octanol–water partition coefficient (Wildman–Crippen LogP) is 0.672. The van der Waals surface area contributed by atoms with Crippen LogP contribution in [0, 0.1) is 0 Å². The zero-order valence-corrected chi connectivity index (χ0v) is 6.22. The van der Waals surface area contributed by atoms with Gasteiger partial charge in [-0.05, 0) is 0 Å². The first-order valence-corrected chi connectivity index (χ1v) is 3.59. The van der Waals surface area contributed by atoms with Crippen LogP contribution in [0.2, 0.25) is 0 Å². The van der Waals surface area contributed by atoms with Crippen LogP contribution in [0.4, 0.5) is 8.78 Å². The van der Waals surface area contributed by atoms with Gasteiger partial charge >= 0.3 is 5.92 Å². The molecule has 0 aromatic carbocycles. The lowest BCUT2D eigenvalue weighted by Gasteiger charge is -2.23. The summed E-state index contributed by atoms with van der Waals surface area (Å²) in [4.78, 5) is 7.43. The summed E-state index contributed by atoms with van der Waals surface area (Å²) < 4.78 is 26.1. The van der Waals surface area contributed by atoms with Crippen LogP contribution in [0.1, 0.15) is 11.4 Å². The van der Waals surface area contributed by atoms with Gasteiger partial charge in [-0.15, -0.1) is 0 Å². The normalized spacial score (nSPS) is 20.2. The molecule has 0 spiro atoms. The SMILES string of the molecule is FC1(F)CNCc2nccnc21. The summed E-state index contributed by atoms with van der Waals surface area (Å²) in [5.74, 6) is -2.87. The van der Waals surface area contributed by atoms with Crippen LogP contribution >= 0.6 is 0 Å². The Labute approximate surface area is 67.8 Å². The summed E-state index contributed by atoms with van der Waals surface area (Å²) >= 11 is 0. The monoisotopic (exact) mass is 171 g/mol. The van der Waals surface area contributed by atoms with E-state index in [0.29, 0.717) is 12.2 Å². The molecule has 0 atom stereocenters. The van der Waals surface area contributed by atoms with Crippen LogP contribution in [-0.2, 0) is 12.5 Å². The van der Waals surface area contributed by atoms with Crippen molar-refractivity contribution in [3.8, 4) is 0 Å². The van der Waals surface area contributed by atoms with Gasteiger partial charge in [0.25, 0.3) is 0 Å². The third kappa shape index (κ3) is 1.06. The van der Waals surface area contributed by atoms with Gasteiger partial charge in [0.1, 0.15) is 5.69 Å². The summed E-state index contributed by atoms with van der Waals surface area (Å²) in [6.45, 7) is 0.0253. The van der Waals surface area contributed by atoms with Crippen LogP contribution < -0.4 is 5.32 Å². The molecule has 5 heteroatoms. The number of fused-ring (bicyclic) bond motifs is 1. The summed E-state index contributed by atoms with van der Waals surface area (Å²) in [5, 5.41) is 2.58. The summed E-state index contributed by atoms with van der Waals surface area (Å²) in [6, 6.07) is 0. The van der Waals surface area contributed by atoms with E-state index in [2.05, 4.69) is 15.3 Å². The highest BCUT2D eigenvalue weighted by Crippen LogP contribution is 2.29. The molecule has 0 radical (unpaired) electrons. The molecule has 0 saturated heterocycles. The van der Waals surface area contributed by atoms with E-state index in [-0.39, 0.29) is 12.2 Å². The molecule has 2 heterocycles. The Hall–Kier alpha value is -1.10. The molecule has 0 unspecified atom stereocenters. The summed E-state index contributed by atoms with van der Waals surface area (Å²) in [6.07, 6.45) is 2.71. The molecule has 1 aromatic heterocycles. The number of hydrogen-bond donors (Lipinski definition) is 1. The van der Waals surface area contributed by atoms with Crippen LogP contribution in [0.3, 0.4) is 0 Å². The van der Waals surface area contributed by atoms with Gasteiger partial charge in [0.2, 0.25) is 0 Å². The molecule has 0 saturated carbocycles. The zero-order chi connectivity index (χ0) is 8.60. The van der Waals surface area contributed by atoms with Crippen molar-refractivity contribution in [2.75, 3.05) is 6.54 Å². The van der Waals surface area contributed by atoms with Crippen molar-refractivity contribution in [2.24, 2.45) is 0 Å². The highest BCUT2D eigenvalue weighted by molar-refractivity contribution is 5.19. The second kappa shape index (κ2) is 2.45. The minimum Gasteiger partial charge on any atom is -0.305 e. The molecule has 0 fully saturated rings. The van der Waals surface area contributed by atoms with E-state index >= 15 is 0 Å². The van der Waals surface area contributed by atoms with Crippen molar-refractivity contribution >= 4 is 0 Å². The number of halogens is 2. The van der Waals surface area contributed by atoms with Crippen molar-refractivity contribution in [2.45, 2.75) is 12.5 Å². The van der Waals surface area contributed by atoms with Gasteiger partial charge in [0, 0.05) is 18.9 Å². The van der Waals surface area contributed by atoms with Gasteiger partial charge in [0.05, 0.1) is 12.2 Å². The predicted molar refractivity (Wildman–Crippen MR) is 37.6 cm³/mol. The lowest BCUT2D eigenvalue weighted by molar-refractivity contribution is -0.0163.